The van der Waals surface area contributed by atoms with Crippen molar-refractivity contribution < 1.29 is 9.84 Å². The number of nitrogens with zero attached hydrogens (tertiary/aromatic N) is 2. The van der Waals surface area contributed by atoms with Crippen molar-refractivity contribution in [3.05, 3.63) is 58.5 Å². The predicted octanol–water partition coefficient (Wildman–Crippen LogP) is 6.14. The van der Waals surface area contributed by atoms with E-state index in [1.54, 1.807) is 24.4 Å². The maximum Gasteiger partial charge on any atom is 0.251 e. The summed E-state index contributed by atoms with van der Waals surface area (Å²) in [6.07, 6.45) is 9.86. The normalized spacial score (nSPS) is 19.7. The lowest BCUT2D eigenvalue weighted by Gasteiger charge is -2.49. The minimum Gasteiger partial charge on any atom is -0.340 e. The molecule has 1 aromatic carbocycles. The van der Waals surface area contributed by atoms with Crippen LogP contribution < -0.4 is 16.2 Å². The van der Waals surface area contributed by atoms with E-state index in [-0.39, 0.29) is 23.7 Å². The summed E-state index contributed by atoms with van der Waals surface area (Å²) < 4.78 is 28.6. The molecule has 1 aliphatic heterocycles. The van der Waals surface area contributed by atoms with Crippen molar-refractivity contribution in [3.8, 4) is 0 Å². The zero-order valence-corrected chi connectivity index (χ0v) is 23.6. The second-order valence-electron chi connectivity index (χ2n) is 11.0. The Morgan fingerprint density at radius 3 is 2.45 bits per heavy atom. The van der Waals surface area contributed by atoms with Crippen molar-refractivity contribution in [1.29, 1.82) is 0 Å². The van der Waals surface area contributed by atoms with Gasteiger partial charge in [0.15, 0.2) is 9.84 Å². The molecule has 3 fully saturated rings. The van der Waals surface area contributed by atoms with E-state index in [4.69, 9.17) is 0 Å². The number of rotatable bonds is 5. The molecule has 0 atom stereocenters. The highest BCUT2D eigenvalue weighted by Crippen LogP contribution is 2.51. The Hall–Kier alpha value is -2.71. The van der Waals surface area contributed by atoms with E-state index >= 15 is 0 Å². The van der Waals surface area contributed by atoms with Crippen molar-refractivity contribution in [2.24, 2.45) is 5.41 Å². The molecule has 0 unspecified atom stereocenters. The fourth-order valence-electron chi connectivity index (χ4n) is 6.53. The number of aryl methyl sites for hydroxylation is 1. The van der Waals surface area contributed by atoms with E-state index in [2.05, 4.69) is 15.6 Å². The fourth-order valence-corrected chi connectivity index (χ4v) is 8.66. The Morgan fingerprint density at radius 1 is 1.05 bits per heavy atom. The van der Waals surface area contributed by atoms with Crippen molar-refractivity contribution in [1.82, 2.24) is 14.9 Å². The maximum absolute atomic E-state index is 13.3. The molecule has 2 N–H and O–H groups in total. The van der Waals surface area contributed by atoms with Gasteiger partial charge >= 0.3 is 0 Å². The van der Waals surface area contributed by atoms with Gasteiger partial charge in [0.2, 0.25) is 0 Å². The van der Waals surface area contributed by atoms with Crippen LogP contribution in [0.5, 0.6) is 0 Å². The van der Waals surface area contributed by atoms with Gasteiger partial charge in [-0.15, -0.1) is 0 Å². The number of piperidine rings is 1. The van der Waals surface area contributed by atoms with Crippen LogP contribution in [0.4, 0.5) is 11.5 Å². The number of nitrogens with one attached hydrogen (secondary N) is 2. The highest BCUT2D eigenvalue weighted by Gasteiger charge is 2.50. The molecule has 2 saturated carbocycles. The Kier molecular flexibility index (Phi) is 7.65. The van der Waals surface area contributed by atoms with Gasteiger partial charge in [0, 0.05) is 36.9 Å². The molecule has 0 bridgehead atoms. The molecule has 2 aromatic heterocycles. The molecule has 3 heterocycles. The smallest absolute Gasteiger partial charge is 0.251 e. The summed E-state index contributed by atoms with van der Waals surface area (Å²) in [5.74, 6) is 0.644. The summed E-state index contributed by atoms with van der Waals surface area (Å²) in [4.78, 5) is 17.7. The molecule has 1 saturated heterocycles. The standard InChI is InChI=1S/C28H34N4O3S.C2H6.H2/c1-19-14-22(36(34,35)23-16-28(17-23)10-12-29-13-11-28)7-8-24(19)31-26-15-25-20(18-30-26)6-9-27(33)32(25)21-4-2-3-5-21;1-2;/h6-9,14-15,18,21,23,29H,2-5,10-13,16-17H2,1H3,(H,30,31);1-2H3;1H. The topological polar surface area (TPSA) is 93.1 Å². The number of sulfone groups is 1. The van der Waals surface area contributed by atoms with E-state index in [9.17, 15) is 13.2 Å². The molecule has 3 aromatic rings. The first-order valence-corrected chi connectivity index (χ1v) is 15.7. The van der Waals surface area contributed by atoms with Crippen LogP contribution in [0.2, 0.25) is 0 Å². The van der Waals surface area contributed by atoms with Crippen LogP contribution in [0.3, 0.4) is 0 Å². The van der Waals surface area contributed by atoms with Crippen LogP contribution in [-0.4, -0.2) is 36.3 Å². The quantitative estimate of drug-likeness (QED) is 0.405. The van der Waals surface area contributed by atoms with E-state index in [1.165, 1.54) is 0 Å². The monoisotopic (exact) mass is 538 g/mol. The number of aromatic nitrogens is 2. The van der Waals surface area contributed by atoms with E-state index in [1.807, 2.05) is 43.5 Å². The number of pyridine rings is 2. The van der Waals surface area contributed by atoms with Crippen molar-refractivity contribution in [2.75, 3.05) is 18.4 Å². The zero-order chi connectivity index (χ0) is 26.9. The van der Waals surface area contributed by atoms with Crippen molar-refractivity contribution in [3.63, 3.8) is 0 Å². The molecule has 3 aliphatic rings. The van der Waals surface area contributed by atoms with Crippen LogP contribution in [0.1, 0.15) is 78.2 Å². The van der Waals surface area contributed by atoms with Gasteiger partial charge in [-0.2, -0.15) is 0 Å². The average Bonchev–Trinajstić information content (AvgIpc) is 3.44. The lowest BCUT2D eigenvalue weighted by atomic mass is 9.63. The van der Waals surface area contributed by atoms with E-state index in [0.29, 0.717) is 10.7 Å². The first kappa shape index (κ1) is 26.9. The van der Waals surface area contributed by atoms with Gasteiger partial charge in [-0.1, -0.05) is 26.7 Å². The Bertz CT molecular complexity index is 1470. The third-order valence-corrected chi connectivity index (χ3v) is 10.8. The van der Waals surface area contributed by atoms with Gasteiger partial charge in [0.05, 0.1) is 15.7 Å². The predicted molar refractivity (Wildman–Crippen MR) is 156 cm³/mol. The first-order chi connectivity index (χ1) is 18.3. The summed E-state index contributed by atoms with van der Waals surface area (Å²) in [6, 6.07) is 11.0. The molecule has 2 aliphatic carbocycles. The molecule has 0 amide bonds. The number of benzene rings is 1. The summed E-state index contributed by atoms with van der Waals surface area (Å²) >= 11 is 0. The summed E-state index contributed by atoms with van der Waals surface area (Å²) in [6.45, 7) is 7.91. The number of anilines is 2. The van der Waals surface area contributed by atoms with Gasteiger partial charge in [0.1, 0.15) is 5.82 Å². The van der Waals surface area contributed by atoms with E-state index < -0.39 is 9.84 Å². The maximum atomic E-state index is 13.3. The third-order valence-electron chi connectivity index (χ3n) is 8.72. The molecule has 38 heavy (non-hydrogen) atoms. The van der Waals surface area contributed by atoms with E-state index in [0.717, 1.165) is 86.6 Å². The zero-order valence-electron chi connectivity index (χ0n) is 22.8. The molecule has 7 nitrogen and oxygen atoms in total. The lowest BCUT2D eigenvalue weighted by Crippen LogP contribution is -2.50. The van der Waals surface area contributed by atoms with Gasteiger partial charge in [-0.3, -0.25) is 4.79 Å². The molecule has 0 radical (unpaired) electrons. The fraction of sp³-hybridized carbons (Fsp3) is 0.533. The summed E-state index contributed by atoms with van der Waals surface area (Å²) in [5, 5.41) is 7.40. The Labute approximate surface area is 227 Å². The van der Waals surface area contributed by atoms with Crippen molar-refractivity contribution in [2.45, 2.75) is 88.3 Å². The average molecular weight is 539 g/mol. The first-order valence-electron chi connectivity index (χ1n) is 14.2. The van der Waals surface area contributed by atoms with Gasteiger partial charge in [-0.25, -0.2) is 13.4 Å². The molecular formula is C30H42N4O3S. The van der Waals surface area contributed by atoms with Crippen LogP contribution in [0.15, 0.2) is 52.3 Å². The van der Waals surface area contributed by atoms with Gasteiger partial charge in [0.25, 0.3) is 5.56 Å². The number of fused-ring (bicyclic) bond motifs is 1. The Balaban J connectivity index is 0.00000115. The second kappa shape index (κ2) is 10.8. The summed E-state index contributed by atoms with van der Waals surface area (Å²) in [5.41, 5.74) is 2.81. The molecule has 1 spiro atoms. The third kappa shape index (κ3) is 5.00. The summed E-state index contributed by atoms with van der Waals surface area (Å²) in [7, 11) is -3.34. The van der Waals surface area contributed by atoms with Gasteiger partial charge < -0.3 is 15.2 Å². The molecule has 8 heteroatoms. The van der Waals surface area contributed by atoms with Crippen molar-refractivity contribution >= 4 is 32.2 Å². The Morgan fingerprint density at radius 2 is 1.76 bits per heavy atom. The highest BCUT2D eigenvalue weighted by molar-refractivity contribution is 7.92. The molecule has 6 rings (SSSR count). The second-order valence-corrected chi connectivity index (χ2v) is 13.3. The molecular weight excluding hydrogens is 496 g/mol. The van der Waals surface area contributed by atoms with Crippen LogP contribution in [-0.2, 0) is 9.84 Å². The van der Waals surface area contributed by atoms with Crippen LogP contribution in [0, 0.1) is 12.3 Å². The highest BCUT2D eigenvalue weighted by atomic mass is 32.2. The lowest BCUT2D eigenvalue weighted by molar-refractivity contribution is 0.0901. The largest absolute Gasteiger partial charge is 0.340 e. The van der Waals surface area contributed by atoms with Crippen LogP contribution >= 0.6 is 0 Å². The minimum absolute atomic E-state index is 0. The minimum atomic E-state index is -3.34. The number of hydrogen-bond acceptors (Lipinski definition) is 6. The van der Waals surface area contributed by atoms with Crippen LogP contribution in [0.25, 0.3) is 10.9 Å². The number of hydrogen-bond donors (Lipinski definition) is 2. The van der Waals surface area contributed by atoms with Gasteiger partial charge in [-0.05, 0) is 93.8 Å². The SMILES string of the molecule is CC.Cc1cc(S(=O)(=O)C2CC3(CCNCC3)C2)ccc1Nc1cc2c(ccc(=O)n2C2CCCC2)cn1.[HH]. The molecule has 206 valence electrons.